The van der Waals surface area contributed by atoms with E-state index in [-0.39, 0.29) is 11.9 Å². The molecule has 0 saturated heterocycles. The van der Waals surface area contributed by atoms with Crippen LogP contribution in [0.25, 0.3) is 0 Å². The van der Waals surface area contributed by atoms with Crippen molar-refractivity contribution in [3.05, 3.63) is 64.2 Å². The molecule has 2 rings (SSSR count). The van der Waals surface area contributed by atoms with E-state index in [1.54, 1.807) is 6.92 Å². The van der Waals surface area contributed by atoms with Gasteiger partial charge in [0.1, 0.15) is 5.75 Å². The minimum absolute atomic E-state index is 0.0153. The number of nitrogens with one attached hydrogen (secondary N) is 1. The lowest BCUT2D eigenvalue weighted by molar-refractivity contribution is -0.128. The van der Waals surface area contributed by atoms with E-state index in [0.717, 1.165) is 28.1 Å². The molecule has 24 heavy (non-hydrogen) atoms. The summed E-state index contributed by atoms with van der Waals surface area (Å²) in [7, 11) is 0. The van der Waals surface area contributed by atoms with Gasteiger partial charge in [0.2, 0.25) is 0 Å². The number of carbonyl (C=O) groups is 1. The Kier molecular flexibility index (Phi) is 6.27. The average Bonchev–Trinajstić information content (AvgIpc) is 2.57. The van der Waals surface area contributed by atoms with Crippen LogP contribution < -0.4 is 10.1 Å². The van der Waals surface area contributed by atoms with Crippen LogP contribution in [0.4, 0.5) is 0 Å². The Hall–Kier alpha value is -2.00. The second-order valence-corrected chi connectivity index (χ2v) is 6.39. The monoisotopic (exact) mass is 345 g/mol. The van der Waals surface area contributed by atoms with Gasteiger partial charge >= 0.3 is 0 Å². The third-order valence-corrected chi connectivity index (χ3v) is 4.61. The molecule has 0 heterocycles. The fourth-order valence-corrected chi connectivity index (χ4v) is 2.74. The predicted molar refractivity (Wildman–Crippen MR) is 98.6 cm³/mol. The first-order chi connectivity index (χ1) is 11.4. The SMILES string of the molecule is CCC(NC(=O)C(C)Oc1cc(C)c(Cl)c(C)c1)c1ccccc1. The molecule has 0 spiro atoms. The van der Waals surface area contributed by atoms with Crippen molar-refractivity contribution >= 4 is 17.5 Å². The Bertz CT molecular complexity index is 677. The number of ether oxygens (including phenoxy) is 1. The van der Waals surface area contributed by atoms with Crippen LogP contribution in [-0.4, -0.2) is 12.0 Å². The molecule has 1 N–H and O–H groups in total. The van der Waals surface area contributed by atoms with Gasteiger partial charge in [-0.2, -0.15) is 0 Å². The van der Waals surface area contributed by atoms with Crippen molar-refractivity contribution in [2.75, 3.05) is 0 Å². The molecule has 2 atom stereocenters. The molecule has 0 aliphatic carbocycles. The Morgan fingerprint density at radius 2 is 1.75 bits per heavy atom. The second-order valence-electron chi connectivity index (χ2n) is 6.01. The number of amides is 1. The van der Waals surface area contributed by atoms with Gasteiger partial charge in [-0.1, -0.05) is 48.9 Å². The van der Waals surface area contributed by atoms with Gasteiger partial charge in [0, 0.05) is 5.02 Å². The van der Waals surface area contributed by atoms with E-state index < -0.39 is 6.10 Å². The zero-order chi connectivity index (χ0) is 17.7. The summed E-state index contributed by atoms with van der Waals surface area (Å²) >= 11 is 6.17. The summed E-state index contributed by atoms with van der Waals surface area (Å²) in [5, 5.41) is 3.78. The maximum atomic E-state index is 12.5. The standard InChI is InChI=1S/C20H24ClNO2/c1-5-18(16-9-7-6-8-10-16)22-20(23)15(4)24-17-11-13(2)19(21)14(3)12-17/h6-12,15,18H,5H2,1-4H3,(H,22,23). The summed E-state index contributed by atoms with van der Waals surface area (Å²) in [5.74, 6) is 0.528. The van der Waals surface area contributed by atoms with E-state index in [1.165, 1.54) is 0 Å². The lowest BCUT2D eigenvalue weighted by Gasteiger charge is -2.21. The smallest absolute Gasteiger partial charge is 0.261 e. The topological polar surface area (TPSA) is 38.3 Å². The number of carbonyl (C=O) groups excluding carboxylic acids is 1. The van der Waals surface area contributed by atoms with Crippen LogP contribution in [-0.2, 0) is 4.79 Å². The Morgan fingerprint density at radius 3 is 2.29 bits per heavy atom. The van der Waals surface area contributed by atoms with Gasteiger partial charge in [0.25, 0.3) is 5.91 Å². The number of aryl methyl sites for hydroxylation is 2. The molecule has 0 radical (unpaired) electrons. The van der Waals surface area contributed by atoms with Gasteiger partial charge in [-0.3, -0.25) is 4.79 Å². The molecule has 3 nitrogen and oxygen atoms in total. The van der Waals surface area contributed by atoms with Gasteiger partial charge in [0.05, 0.1) is 6.04 Å². The van der Waals surface area contributed by atoms with Gasteiger partial charge < -0.3 is 10.1 Å². The van der Waals surface area contributed by atoms with Crippen LogP contribution in [0.3, 0.4) is 0 Å². The Balaban J connectivity index is 2.04. The molecule has 128 valence electrons. The number of rotatable bonds is 6. The lowest BCUT2D eigenvalue weighted by atomic mass is 10.0. The largest absolute Gasteiger partial charge is 0.481 e. The van der Waals surface area contributed by atoms with Crippen molar-refractivity contribution in [3.63, 3.8) is 0 Å². The molecule has 0 aromatic heterocycles. The van der Waals surface area contributed by atoms with Crippen molar-refractivity contribution in [3.8, 4) is 5.75 Å². The van der Waals surface area contributed by atoms with Crippen molar-refractivity contribution in [1.29, 1.82) is 0 Å². The summed E-state index contributed by atoms with van der Waals surface area (Å²) in [6.45, 7) is 7.66. The molecule has 0 saturated carbocycles. The first-order valence-electron chi connectivity index (χ1n) is 8.21. The summed E-state index contributed by atoms with van der Waals surface area (Å²) in [6, 6.07) is 13.7. The van der Waals surface area contributed by atoms with Crippen LogP contribution in [0.1, 0.15) is 43.0 Å². The first kappa shape index (κ1) is 18.3. The highest BCUT2D eigenvalue weighted by atomic mass is 35.5. The number of hydrogen-bond donors (Lipinski definition) is 1. The zero-order valence-corrected chi connectivity index (χ0v) is 15.4. The molecular formula is C20H24ClNO2. The van der Waals surface area contributed by atoms with Gasteiger partial charge in [-0.05, 0) is 56.0 Å². The fraction of sp³-hybridized carbons (Fsp3) is 0.350. The predicted octanol–water partition coefficient (Wildman–Crippen LogP) is 4.99. The summed E-state index contributed by atoms with van der Waals surface area (Å²) < 4.78 is 5.80. The van der Waals surface area contributed by atoms with Crippen molar-refractivity contribution in [2.24, 2.45) is 0 Å². The van der Waals surface area contributed by atoms with Gasteiger partial charge in [-0.25, -0.2) is 0 Å². The van der Waals surface area contributed by atoms with Crippen molar-refractivity contribution in [1.82, 2.24) is 5.32 Å². The van der Waals surface area contributed by atoms with Gasteiger partial charge in [-0.15, -0.1) is 0 Å². The molecule has 2 unspecified atom stereocenters. The summed E-state index contributed by atoms with van der Waals surface area (Å²) in [4.78, 5) is 12.5. The molecule has 0 aliphatic heterocycles. The maximum absolute atomic E-state index is 12.5. The minimum atomic E-state index is -0.581. The minimum Gasteiger partial charge on any atom is -0.481 e. The first-order valence-corrected chi connectivity index (χ1v) is 8.59. The summed E-state index contributed by atoms with van der Waals surface area (Å²) in [5.41, 5.74) is 2.98. The Labute approximate surface area is 149 Å². The van der Waals surface area contributed by atoms with Crippen LogP contribution in [0.2, 0.25) is 5.02 Å². The van der Waals surface area contributed by atoms with E-state index in [1.807, 2.05) is 56.3 Å². The molecule has 4 heteroatoms. The average molecular weight is 346 g/mol. The van der Waals surface area contributed by atoms with Crippen LogP contribution >= 0.6 is 11.6 Å². The molecule has 0 bridgehead atoms. The molecule has 2 aromatic carbocycles. The number of hydrogen-bond acceptors (Lipinski definition) is 2. The van der Waals surface area contributed by atoms with Gasteiger partial charge in [0.15, 0.2) is 6.10 Å². The van der Waals surface area contributed by atoms with E-state index >= 15 is 0 Å². The zero-order valence-electron chi connectivity index (χ0n) is 14.6. The third-order valence-electron chi connectivity index (χ3n) is 4.02. The van der Waals surface area contributed by atoms with Crippen LogP contribution in [0.15, 0.2) is 42.5 Å². The molecule has 1 amide bonds. The van der Waals surface area contributed by atoms with E-state index in [0.29, 0.717) is 5.75 Å². The second kappa shape index (κ2) is 8.20. The molecule has 0 aliphatic rings. The number of halogens is 1. The van der Waals surface area contributed by atoms with E-state index in [9.17, 15) is 4.79 Å². The normalized spacial score (nSPS) is 13.2. The van der Waals surface area contributed by atoms with Crippen molar-refractivity contribution in [2.45, 2.75) is 46.3 Å². The quantitative estimate of drug-likeness (QED) is 0.800. The highest BCUT2D eigenvalue weighted by molar-refractivity contribution is 6.32. The van der Waals surface area contributed by atoms with Crippen molar-refractivity contribution < 1.29 is 9.53 Å². The molecule has 0 fully saturated rings. The highest BCUT2D eigenvalue weighted by Gasteiger charge is 2.19. The van der Waals surface area contributed by atoms with E-state index in [4.69, 9.17) is 16.3 Å². The Morgan fingerprint density at radius 1 is 1.17 bits per heavy atom. The third kappa shape index (κ3) is 4.51. The lowest BCUT2D eigenvalue weighted by Crippen LogP contribution is -2.38. The maximum Gasteiger partial charge on any atom is 0.261 e. The number of benzene rings is 2. The summed E-state index contributed by atoms with van der Waals surface area (Å²) in [6.07, 6.45) is 0.240. The van der Waals surface area contributed by atoms with E-state index in [2.05, 4.69) is 12.2 Å². The highest BCUT2D eigenvalue weighted by Crippen LogP contribution is 2.26. The van der Waals surface area contributed by atoms with Crippen LogP contribution in [0.5, 0.6) is 5.75 Å². The van der Waals surface area contributed by atoms with Crippen LogP contribution in [0, 0.1) is 13.8 Å². The molecular weight excluding hydrogens is 322 g/mol. The molecule has 2 aromatic rings. The fourth-order valence-electron chi connectivity index (χ4n) is 2.63.